The number of rotatable bonds is 5. The van der Waals surface area contributed by atoms with E-state index in [0.717, 1.165) is 19.5 Å². The standard InChI is InChI=1S/C23H30ClN7O4S/c1-25-19(32)12-3-5-14(27-20(33)21(34)30-18-6-4-13(24)10-26-18)16(9-12)28-22(35)23-29-15-7-8-31(2)11-17(15)36-23/h4,6,10,12,14-17H,3,5,7-9,11H2,1-2H3,(H,25,32)(H,27,33)(H,28,35)(H,26,30,34)/t12-,14-,15?,16+,17?/m0/s1. The average molecular weight is 536 g/mol. The van der Waals surface area contributed by atoms with Crippen molar-refractivity contribution in [2.24, 2.45) is 10.9 Å². The van der Waals surface area contributed by atoms with E-state index in [1.165, 1.54) is 24.0 Å². The molecule has 0 spiro atoms. The van der Waals surface area contributed by atoms with Gasteiger partial charge in [0.2, 0.25) is 5.91 Å². The number of likely N-dealkylation sites (tertiary alicyclic amines) is 1. The Morgan fingerprint density at radius 3 is 2.61 bits per heavy atom. The topological polar surface area (TPSA) is 145 Å². The van der Waals surface area contributed by atoms with Crippen molar-refractivity contribution in [3.05, 3.63) is 23.4 Å². The lowest BCUT2D eigenvalue weighted by Gasteiger charge is -2.36. The maximum Gasteiger partial charge on any atom is 0.314 e. The molecule has 5 atom stereocenters. The van der Waals surface area contributed by atoms with Gasteiger partial charge < -0.3 is 26.2 Å². The van der Waals surface area contributed by atoms with Gasteiger partial charge in [-0.15, -0.1) is 0 Å². The molecule has 11 nitrogen and oxygen atoms in total. The molecular weight excluding hydrogens is 506 g/mol. The number of carbonyl (C=O) groups excluding carboxylic acids is 4. The number of nitrogens with one attached hydrogen (secondary N) is 4. The minimum absolute atomic E-state index is 0.118. The van der Waals surface area contributed by atoms with Gasteiger partial charge in [0.25, 0.3) is 5.91 Å². The van der Waals surface area contributed by atoms with Crippen LogP contribution in [0, 0.1) is 5.92 Å². The van der Waals surface area contributed by atoms with Crippen LogP contribution in [-0.4, -0.2) is 89.1 Å². The van der Waals surface area contributed by atoms with E-state index >= 15 is 0 Å². The fourth-order valence-electron chi connectivity index (χ4n) is 4.79. The van der Waals surface area contributed by atoms with Crippen LogP contribution in [0.4, 0.5) is 5.82 Å². The molecule has 36 heavy (non-hydrogen) atoms. The summed E-state index contributed by atoms with van der Waals surface area (Å²) in [7, 11) is 3.63. The molecule has 1 saturated carbocycles. The predicted octanol–water partition coefficient (Wildman–Crippen LogP) is 0.407. The zero-order valence-corrected chi connectivity index (χ0v) is 21.7. The minimum Gasteiger partial charge on any atom is -0.359 e. The van der Waals surface area contributed by atoms with Crippen molar-refractivity contribution >= 4 is 57.9 Å². The van der Waals surface area contributed by atoms with Crippen LogP contribution in [0.1, 0.15) is 25.7 Å². The number of thioether (sulfide) groups is 1. The number of amides is 4. The summed E-state index contributed by atoms with van der Waals surface area (Å²) in [5.74, 6) is -2.28. The summed E-state index contributed by atoms with van der Waals surface area (Å²) in [6.07, 6.45) is 3.55. The van der Waals surface area contributed by atoms with Crippen molar-refractivity contribution < 1.29 is 19.2 Å². The summed E-state index contributed by atoms with van der Waals surface area (Å²) < 4.78 is 0. The molecule has 2 fully saturated rings. The summed E-state index contributed by atoms with van der Waals surface area (Å²) in [5, 5.41) is 11.9. The van der Waals surface area contributed by atoms with E-state index < -0.39 is 23.9 Å². The summed E-state index contributed by atoms with van der Waals surface area (Å²) >= 11 is 7.28. The molecule has 1 saturated heterocycles. The number of aliphatic imine (C=N–C) groups is 1. The molecule has 0 aromatic carbocycles. The Morgan fingerprint density at radius 1 is 1.08 bits per heavy atom. The van der Waals surface area contributed by atoms with Crippen LogP contribution in [0.5, 0.6) is 0 Å². The average Bonchev–Trinajstić information content (AvgIpc) is 3.29. The fraction of sp³-hybridized carbons (Fsp3) is 0.565. The number of carbonyl (C=O) groups is 4. The van der Waals surface area contributed by atoms with E-state index in [1.54, 1.807) is 13.1 Å². The fourth-order valence-corrected chi connectivity index (χ4v) is 6.23. The van der Waals surface area contributed by atoms with E-state index in [4.69, 9.17) is 11.6 Å². The summed E-state index contributed by atoms with van der Waals surface area (Å²) in [6.45, 7) is 1.81. The number of hydrogen-bond donors (Lipinski definition) is 4. The van der Waals surface area contributed by atoms with Gasteiger partial charge in [0.1, 0.15) is 5.82 Å². The SMILES string of the molecule is CNC(=O)[C@H]1CC[C@H](NC(=O)C(=O)Nc2ccc(Cl)cn2)[C@H](NC(=O)C2=NC3CCN(C)CC3S2)C1. The highest BCUT2D eigenvalue weighted by atomic mass is 35.5. The third-order valence-corrected chi connectivity index (χ3v) is 8.25. The Balaban J connectivity index is 1.41. The molecule has 2 unspecified atom stereocenters. The molecule has 0 radical (unpaired) electrons. The van der Waals surface area contributed by atoms with E-state index in [0.29, 0.717) is 29.3 Å². The first kappa shape index (κ1) is 26.4. The first-order valence-electron chi connectivity index (χ1n) is 11.9. The van der Waals surface area contributed by atoms with E-state index in [-0.39, 0.29) is 34.8 Å². The predicted molar refractivity (Wildman–Crippen MR) is 138 cm³/mol. The van der Waals surface area contributed by atoms with E-state index in [9.17, 15) is 19.2 Å². The molecule has 0 bridgehead atoms. The smallest absolute Gasteiger partial charge is 0.314 e. The van der Waals surface area contributed by atoms with Gasteiger partial charge in [-0.1, -0.05) is 23.4 Å². The molecule has 1 aromatic heterocycles. The summed E-state index contributed by atoms with van der Waals surface area (Å²) in [4.78, 5) is 61.3. The van der Waals surface area contributed by atoms with Crippen molar-refractivity contribution in [3.63, 3.8) is 0 Å². The molecule has 4 N–H and O–H groups in total. The Labute approximate surface area is 218 Å². The van der Waals surface area contributed by atoms with Crippen molar-refractivity contribution in [3.8, 4) is 0 Å². The molecule has 13 heteroatoms. The Kier molecular flexibility index (Phi) is 8.47. The lowest BCUT2D eigenvalue weighted by molar-refractivity contribution is -0.137. The highest BCUT2D eigenvalue weighted by molar-refractivity contribution is 8.16. The minimum atomic E-state index is -0.882. The van der Waals surface area contributed by atoms with Gasteiger partial charge in [0.05, 0.1) is 17.1 Å². The van der Waals surface area contributed by atoms with Crippen LogP contribution in [0.2, 0.25) is 5.02 Å². The maximum absolute atomic E-state index is 13.1. The largest absolute Gasteiger partial charge is 0.359 e. The van der Waals surface area contributed by atoms with Crippen molar-refractivity contribution in [2.75, 3.05) is 32.5 Å². The number of hydrogen-bond acceptors (Lipinski definition) is 8. The van der Waals surface area contributed by atoms with E-state index in [2.05, 4.69) is 43.2 Å². The number of pyridine rings is 1. The van der Waals surface area contributed by atoms with Crippen LogP contribution >= 0.6 is 23.4 Å². The van der Waals surface area contributed by atoms with Crippen molar-refractivity contribution in [2.45, 2.75) is 49.1 Å². The van der Waals surface area contributed by atoms with Crippen LogP contribution in [0.15, 0.2) is 23.3 Å². The normalized spacial score (nSPS) is 27.9. The molecule has 4 rings (SSSR count). The van der Waals surface area contributed by atoms with Gasteiger partial charge in [0.15, 0.2) is 5.04 Å². The van der Waals surface area contributed by atoms with Crippen LogP contribution in [0.25, 0.3) is 0 Å². The van der Waals surface area contributed by atoms with E-state index in [1.807, 2.05) is 0 Å². The molecule has 1 aromatic rings. The monoisotopic (exact) mass is 535 g/mol. The Bertz CT molecular complexity index is 1050. The first-order valence-corrected chi connectivity index (χ1v) is 13.2. The number of aromatic nitrogens is 1. The number of piperidine rings is 1. The van der Waals surface area contributed by atoms with Crippen LogP contribution < -0.4 is 21.3 Å². The number of anilines is 1. The Hall–Kier alpha value is -2.70. The molecular formula is C23H30ClN7O4S. The molecule has 4 amide bonds. The molecule has 3 aliphatic rings. The van der Waals surface area contributed by atoms with Gasteiger partial charge in [0, 0.05) is 37.0 Å². The quantitative estimate of drug-likeness (QED) is 0.399. The number of nitrogens with zero attached hydrogens (tertiary/aromatic N) is 3. The van der Waals surface area contributed by atoms with Gasteiger partial charge in [-0.3, -0.25) is 24.2 Å². The summed E-state index contributed by atoms with van der Waals surface area (Å²) in [6, 6.07) is 2.10. The summed E-state index contributed by atoms with van der Waals surface area (Å²) in [5.41, 5.74) is 0. The number of halogens is 1. The highest BCUT2D eigenvalue weighted by Gasteiger charge is 2.40. The zero-order chi connectivity index (χ0) is 25.8. The zero-order valence-electron chi connectivity index (χ0n) is 20.1. The molecule has 1 aliphatic carbocycles. The first-order chi connectivity index (χ1) is 17.2. The van der Waals surface area contributed by atoms with Crippen LogP contribution in [0.3, 0.4) is 0 Å². The number of fused-ring (bicyclic) bond motifs is 1. The third-order valence-electron chi connectivity index (χ3n) is 6.74. The lowest BCUT2D eigenvalue weighted by atomic mass is 9.81. The second-order valence-electron chi connectivity index (χ2n) is 9.31. The highest BCUT2D eigenvalue weighted by Crippen LogP contribution is 2.33. The second kappa shape index (κ2) is 11.6. The Morgan fingerprint density at radius 2 is 1.89 bits per heavy atom. The molecule has 194 valence electrons. The van der Waals surface area contributed by atoms with Gasteiger partial charge >= 0.3 is 11.8 Å². The maximum atomic E-state index is 13.1. The molecule has 3 heterocycles. The van der Waals surface area contributed by atoms with Gasteiger partial charge in [-0.05, 0) is 51.4 Å². The van der Waals surface area contributed by atoms with Crippen molar-refractivity contribution in [1.29, 1.82) is 0 Å². The lowest BCUT2D eigenvalue weighted by Crippen LogP contribution is -2.57. The molecule has 2 aliphatic heterocycles. The van der Waals surface area contributed by atoms with Crippen LogP contribution in [-0.2, 0) is 19.2 Å². The van der Waals surface area contributed by atoms with Crippen molar-refractivity contribution in [1.82, 2.24) is 25.8 Å². The van der Waals surface area contributed by atoms with Gasteiger partial charge in [-0.25, -0.2) is 4.98 Å². The third kappa shape index (κ3) is 6.34. The second-order valence-corrected chi connectivity index (χ2v) is 11.0. The van der Waals surface area contributed by atoms with Gasteiger partial charge in [-0.2, -0.15) is 0 Å².